The fourth-order valence-electron chi connectivity index (χ4n) is 5.23. The molecule has 4 nitrogen and oxygen atoms in total. The van der Waals surface area contributed by atoms with E-state index in [0.717, 1.165) is 49.9 Å². The maximum absolute atomic E-state index is 13.3. The largest absolute Gasteiger partial charge is 0.368 e. The van der Waals surface area contributed by atoms with E-state index in [0.29, 0.717) is 0 Å². The van der Waals surface area contributed by atoms with Gasteiger partial charge in [0, 0.05) is 5.41 Å². The Balaban J connectivity index is 1.56. The molecule has 5 rings (SSSR count). The first-order valence-electron chi connectivity index (χ1n) is 9.41. The Morgan fingerprint density at radius 1 is 1.27 bits per heavy atom. The van der Waals surface area contributed by atoms with Crippen LogP contribution >= 0.6 is 0 Å². The van der Waals surface area contributed by atoms with Crippen LogP contribution in [-0.4, -0.2) is 26.8 Å². The van der Waals surface area contributed by atoms with E-state index in [1.807, 2.05) is 10.9 Å². The van der Waals surface area contributed by atoms with Gasteiger partial charge in [-0.15, -0.1) is 0 Å². The Kier molecular flexibility index (Phi) is 3.43. The summed E-state index contributed by atoms with van der Waals surface area (Å²) in [7, 11) is 0. The molecule has 1 aliphatic heterocycles. The van der Waals surface area contributed by atoms with Gasteiger partial charge in [0.05, 0.1) is 23.2 Å². The van der Waals surface area contributed by atoms with Crippen LogP contribution in [0.3, 0.4) is 0 Å². The van der Waals surface area contributed by atoms with Gasteiger partial charge in [-0.1, -0.05) is 12.5 Å². The molecule has 26 heavy (non-hydrogen) atoms. The molecule has 0 amide bonds. The van der Waals surface area contributed by atoms with Gasteiger partial charge in [-0.25, -0.2) is 9.07 Å². The monoisotopic (exact) mass is 354 g/mol. The molecule has 1 unspecified atom stereocenters. The zero-order valence-electron chi connectivity index (χ0n) is 14.9. The number of aromatic nitrogens is 2. The van der Waals surface area contributed by atoms with Crippen LogP contribution in [0, 0.1) is 11.2 Å². The van der Waals surface area contributed by atoms with Crippen LogP contribution in [0.4, 0.5) is 4.39 Å². The van der Waals surface area contributed by atoms with Crippen molar-refractivity contribution in [1.29, 1.82) is 0 Å². The number of rotatable bonds is 1. The standard InChI is InChI=1S/C21H23FN2O2/c1-20-12-14-13-23-24(17-6-4-16(22)5-7-17)18(14)11-15(20)8-10-21(20)9-2-3-19(25)26-21/h4-7,11,13,19,25H,2-3,8-10,12H2,1H3/t19?,20-,21-/m0/s1. The fraction of sp³-hybridized carbons (Fsp3) is 0.476. The highest BCUT2D eigenvalue weighted by atomic mass is 19.1. The normalized spacial score (nSPS) is 33.0. The van der Waals surface area contributed by atoms with Crippen molar-refractivity contribution in [3.63, 3.8) is 0 Å². The lowest BCUT2D eigenvalue weighted by Crippen LogP contribution is -2.51. The SMILES string of the molecule is C[C@]12Cc3cnn(-c4ccc(F)cc4)c3C=C1CC[C@@]21CCCC(O)O1. The van der Waals surface area contributed by atoms with Gasteiger partial charge in [-0.3, -0.25) is 0 Å². The minimum atomic E-state index is -0.650. The van der Waals surface area contributed by atoms with E-state index in [1.54, 1.807) is 12.1 Å². The number of ether oxygens (including phenoxy) is 1. The molecular weight excluding hydrogens is 331 g/mol. The summed E-state index contributed by atoms with van der Waals surface area (Å²) < 4.78 is 21.3. The Morgan fingerprint density at radius 3 is 2.85 bits per heavy atom. The molecule has 1 aromatic heterocycles. The highest BCUT2D eigenvalue weighted by molar-refractivity contribution is 5.62. The summed E-state index contributed by atoms with van der Waals surface area (Å²) in [6.45, 7) is 2.28. The Bertz CT molecular complexity index is 888. The van der Waals surface area contributed by atoms with E-state index in [4.69, 9.17) is 4.74 Å². The summed E-state index contributed by atoms with van der Waals surface area (Å²) in [6, 6.07) is 6.44. The van der Waals surface area contributed by atoms with Gasteiger partial charge in [0.2, 0.25) is 0 Å². The van der Waals surface area contributed by atoms with E-state index >= 15 is 0 Å². The van der Waals surface area contributed by atoms with Crippen molar-refractivity contribution in [2.45, 2.75) is 57.3 Å². The molecule has 2 fully saturated rings. The van der Waals surface area contributed by atoms with Crippen molar-refractivity contribution in [2.24, 2.45) is 5.41 Å². The molecule has 3 aliphatic rings. The molecule has 1 saturated heterocycles. The van der Waals surface area contributed by atoms with Crippen molar-refractivity contribution < 1.29 is 14.2 Å². The first kappa shape index (κ1) is 16.2. The first-order valence-corrected chi connectivity index (χ1v) is 9.41. The van der Waals surface area contributed by atoms with Crippen LogP contribution in [0.2, 0.25) is 0 Å². The van der Waals surface area contributed by atoms with Crippen molar-refractivity contribution >= 4 is 6.08 Å². The number of hydrogen-bond donors (Lipinski definition) is 1. The lowest BCUT2D eigenvalue weighted by molar-refractivity contribution is -0.240. The van der Waals surface area contributed by atoms with E-state index < -0.39 is 6.29 Å². The van der Waals surface area contributed by atoms with E-state index in [9.17, 15) is 9.50 Å². The third kappa shape index (κ3) is 2.17. The molecule has 3 atom stereocenters. The molecule has 5 heteroatoms. The van der Waals surface area contributed by atoms with Gasteiger partial charge in [-0.2, -0.15) is 5.10 Å². The number of fused-ring (bicyclic) bond motifs is 3. The van der Waals surface area contributed by atoms with Crippen LogP contribution in [0.5, 0.6) is 0 Å². The van der Waals surface area contributed by atoms with Crippen molar-refractivity contribution in [3.8, 4) is 5.69 Å². The molecule has 2 aromatic rings. The number of hydrogen-bond acceptors (Lipinski definition) is 3. The summed E-state index contributed by atoms with van der Waals surface area (Å²) in [5, 5.41) is 14.7. The number of benzene rings is 1. The van der Waals surface area contributed by atoms with Crippen molar-refractivity contribution in [3.05, 3.63) is 53.1 Å². The van der Waals surface area contributed by atoms with Crippen molar-refractivity contribution in [1.82, 2.24) is 9.78 Å². The first-order chi connectivity index (χ1) is 12.5. The third-order valence-corrected chi connectivity index (χ3v) is 6.72. The average Bonchev–Trinajstić information content (AvgIpc) is 3.13. The predicted molar refractivity (Wildman–Crippen MR) is 96.2 cm³/mol. The minimum absolute atomic E-state index is 0.0991. The van der Waals surface area contributed by atoms with E-state index in [1.165, 1.54) is 23.3 Å². The number of halogens is 1. The Labute approximate surface area is 152 Å². The van der Waals surface area contributed by atoms with E-state index in [-0.39, 0.29) is 16.8 Å². The second-order valence-electron chi connectivity index (χ2n) is 8.08. The van der Waals surface area contributed by atoms with Crippen LogP contribution < -0.4 is 0 Å². The maximum Gasteiger partial charge on any atom is 0.155 e. The fourth-order valence-corrected chi connectivity index (χ4v) is 5.23. The molecule has 1 N–H and O–H groups in total. The number of aliphatic hydroxyl groups is 1. The van der Waals surface area contributed by atoms with Gasteiger partial charge in [-0.05, 0) is 74.4 Å². The molecule has 2 aliphatic carbocycles. The molecule has 2 heterocycles. The molecule has 136 valence electrons. The minimum Gasteiger partial charge on any atom is -0.368 e. The second-order valence-corrected chi connectivity index (χ2v) is 8.08. The van der Waals surface area contributed by atoms with Crippen LogP contribution in [0.1, 0.15) is 50.3 Å². The lowest BCUT2D eigenvalue weighted by atomic mass is 9.65. The average molecular weight is 354 g/mol. The maximum atomic E-state index is 13.3. The van der Waals surface area contributed by atoms with Gasteiger partial charge >= 0.3 is 0 Å². The Hall–Kier alpha value is -1.98. The zero-order chi connectivity index (χ0) is 17.9. The molecule has 0 bridgehead atoms. The van der Waals surface area contributed by atoms with E-state index in [2.05, 4.69) is 18.1 Å². The highest BCUT2D eigenvalue weighted by Crippen LogP contribution is 2.60. The molecular formula is C21H23FN2O2. The van der Waals surface area contributed by atoms with Gasteiger partial charge in [0.15, 0.2) is 6.29 Å². The van der Waals surface area contributed by atoms with Crippen molar-refractivity contribution in [2.75, 3.05) is 0 Å². The highest BCUT2D eigenvalue weighted by Gasteiger charge is 2.58. The van der Waals surface area contributed by atoms with Gasteiger partial charge in [0.25, 0.3) is 0 Å². The van der Waals surface area contributed by atoms with Crippen LogP contribution in [0.15, 0.2) is 36.0 Å². The smallest absolute Gasteiger partial charge is 0.155 e. The van der Waals surface area contributed by atoms with Crippen LogP contribution in [-0.2, 0) is 11.2 Å². The summed E-state index contributed by atoms with van der Waals surface area (Å²) in [5.41, 5.74) is 4.14. The summed E-state index contributed by atoms with van der Waals surface area (Å²) in [5.74, 6) is -0.244. The van der Waals surface area contributed by atoms with Gasteiger partial charge in [0.1, 0.15) is 5.82 Å². The molecule has 1 aromatic carbocycles. The van der Waals surface area contributed by atoms with Gasteiger partial charge < -0.3 is 9.84 Å². The number of nitrogens with zero attached hydrogens (tertiary/aromatic N) is 2. The summed E-state index contributed by atoms with van der Waals surface area (Å²) in [4.78, 5) is 0. The second kappa shape index (κ2) is 5.51. The molecule has 1 saturated carbocycles. The van der Waals surface area contributed by atoms with Crippen LogP contribution in [0.25, 0.3) is 11.8 Å². The number of aliphatic hydroxyl groups excluding tert-OH is 1. The Morgan fingerprint density at radius 2 is 2.08 bits per heavy atom. The summed E-state index contributed by atoms with van der Waals surface area (Å²) in [6.07, 6.45) is 9.05. The predicted octanol–water partition coefficient (Wildman–Crippen LogP) is 4.01. The lowest BCUT2D eigenvalue weighted by Gasteiger charge is -2.49. The molecule has 1 spiro atoms. The summed E-state index contributed by atoms with van der Waals surface area (Å²) >= 11 is 0. The molecule has 0 radical (unpaired) electrons. The quantitative estimate of drug-likeness (QED) is 0.842. The zero-order valence-corrected chi connectivity index (χ0v) is 14.9. The third-order valence-electron chi connectivity index (χ3n) is 6.72. The topological polar surface area (TPSA) is 47.3 Å².